The summed E-state index contributed by atoms with van der Waals surface area (Å²) in [5, 5.41) is 0. The second-order valence-corrected chi connectivity index (χ2v) is 7.70. The fraction of sp³-hybridized carbons (Fsp3) is 0.684. The average molecular weight is 350 g/mol. The summed E-state index contributed by atoms with van der Waals surface area (Å²) in [5.41, 5.74) is 1.10. The highest BCUT2D eigenvalue weighted by atomic mass is 16.8. The van der Waals surface area contributed by atoms with Crippen molar-refractivity contribution >= 4 is 0 Å². The molecule has 1 aromatic carbocycles. The highest BCUT2D eigenvalue weighted by Crippen LogP contribution is 2.42. The Labute approximate surface area is 148 Å². The molecule has 138 valence electrons. The molecule has 0 aromatic heterocycles. The maximum Gasteiger partial charge on any atom is 0.190 e. The Morgan fingerprint density at radius 3 is 2.40 bits per heavy atom. The van der Waals surface area contributed by atoms with Crippen molar-refractivity contribution in [2.45, 2.75) is 76.6 Å². The molecule has 3 aliphatic heterocycles. The molecule has 3 fully saturated rings. The second-order valence-electron chi connectivity index (χ2n) is 7.70. The lowest BCUT2D eigenvalue weighted by Crippen LogP contribution is -2.44. The van der Waals surface area contributed by atoms with E-state index < -0.39 is 17.9 Å². The van der Waals surface area contributed by atoms with Gasteiger partial charge in [0.1, 0.15) is 24.4 Å². The summed E-state index contributed by atoms with van der Waals surface area (Å²) >= 11 is 0. The fourth-order valence-electron chi connectivity index (χ4n) is 3.64. The number of hydrogen-bond acceptors (Lipinski definition) is 6. The Hall–Kier alpha value is -1.02. The van der Waals surface area contributed by atoms with Crippen LogP contribution in [-0.2, 0) is 35.0 Å². The minimum Gasteiger partial charge on any atom is -0.368 e. The van der Waals surface area contributed by atoms with Crippen LogP contribution in [0, 0.1) is 0 Å². The molecule has 25 heavy (non-hydrogen) atoms. The zero-order chi connectivity index (χ0) is 17.7. The van der Waals surface area contributed by atoms with Crippen LogP contribution in [0.15, 0.2) is 30.3 Å². The van der Waals surface area contributed by atoms with Crippen LogP contribution in [0.1, 0.15) is 33.3 Å². The smallest absolute Gasteiger partial charge is 0.190 e. The first-order valence-electron chi connectivity index (χ1n) is 8.81. The van der Waals surface area contributed by atoms with E-state index in [9.17, 15) is 0 Å². The SMILES string of the molecule is CC1(C)O[C@H]2O[C@H]([C@@H]3COC(C)(C)O3)[C@@H](OCc3ccccc3)[C@@H]2O1. The van der Waals surface area contributed by atoms with Gasteiger partial charge in [0, 0.05) is 0 Å². The zero-order valence-corrected chi connectivity index (χ0v) is 15.1. The third kappa shape index (κ3) is 3.60. The average Bonchev–Trinajstić information content (AvgIpc) is 3.15. The molecule has 0 unspecified atom stereocenters. The van der Waals surface area contributed by atoms with Crippen molar-refractivity contribution in [3.05, 3.63) is 35.9 Å². The maximum atomic E-state index is 6.22. The van der Waals surface area contributed by atoms with Crippen molar-refractivity contribution < 1.29 is 28.4 Å². The minimum atomic E-state index is -0.680. The Balaban J connectivity index is 1.50. The van der Waals surface area contributed by atoms with Crippen LogP contribution >= 0.6 is 0 Å². The van der Waals surface area contributed by atoms with Crippen LogP contribution in [0.25, 0.3) is 0 Å². The van der Waals surface area contributed by atoms with Gasteiger partial charge in [0.05, 0.1) is 13.2 Å². The first-order valence-corrected chi connectivity index (χ1v) is 8.81. The van der Waals surface area contributed by atoms with E-state index in [4.69, 9.17) is 28.4 Å². The van der Waals surface area contributed by atoms with E-state index in [-0.39, 0.29) is 24.4 Å². The topological polar surface area (TPSA) is 55.4 Å². The van der Waals surface area contributed by atoms with Gasteiger partial charge >= 0.3 is 0 Å². The molecule has 0 spiro atoms. The Bertz CT molecular complexity index is 601. The molecule has 0 saturated carbocycles. The van der Waals surface area contributed by atoms with E-state index in [1.54, 1.807) is 0 Å². The van der Waals surface area contributed by atoms with E-state index in [1.807, 2.05) is 58.0 Å². The molecule has 0 aliphatic carbocycles. The van der Waals surface area contributed by atoms with Gasteiger partial charge in [-0.1, -0.05) is 30.3 Å². The summed E-state index contributed by atoms with van der Waals surface area (Å²) in [5.74, 6) is -1.29. The summed E-state index contributed by atoms with van der Waals surface area (Å²) < 4.78 is 36.0. The molecule has 0 bridgehead atoms. The Morgan fingerprint density at radius 2 is 1.72 bits per heavy atom. The molecule has 5 atom stereocenters. The summed E-state index contributed by atoms with van der Waals surface area (Å²) in [6.07, 6.45) is -1.52. The van der Waals surface area contributed by atoms with Gasteiger partial charge in [-0.2, -0.15) is 0 Å². The van der Waals surface area contributed by atoms with Crippen LogP contribution in [0.4, 0.5) is 0 Å². The standard InChI is InChI=1S/C19H26O6/c1-18(2)21-11-13(23-18)14-15(20-10-12-8-6-5-7-9-12)16-17(22-14)25-19(3,4)24-16/h5-9,13-17H,10-11H2,1-4H3/t13-,14+,15+,16-,17+/m0/s1. The number of fused-ring (bicyclic) bond motifs is 1. The highest BCUT2D eigenvalue weighted by molar-refractivity contribution is 5.13. The normalized spacial score (nSPS) is 38.8. The minimum absolute atomic E-state index is 0.211. The first kappa shape index (κ1) is 17.4. The van der Waals surface area contributed by atoms with E-state index in [0.717, 1.165) is 5.56 Å². The molecule has 3 saturated heterocycles. The van der Waals surface area contributed by atoms with E-state index in [1.165, 1.54) is 0 Å². The van der Waals surface area contributed by atoms with Crippen LogP contribution < -0.4 is 0 Å². The summed E-state index contributed by atoms with van der Waals surface area (Å²) in [6.45, 7) is 8.52. The molecule has 0 amide bonds. The predicted octanol–water partition coefficient (Wildman–Crippen LogP) is 2.60. The monoisotopic (exact) mass is 350 g/mol. The van der Waals surface area contributed by atoms with Gasteiger partial charge in [0.15, 0.2) is 17.9 Å². The van der Waals surface area contributed by atoms with Gasteiger partial charge in [0.2, 0.25) is 0 Å². The van der Waals surface area contributed by atoms with Crippen LogP contribution in [0.3, 0.4) is 0 Å². The molecule has 1 aromatic rings. The van der Waals surface area contributed by atoms with E-state index in [2.05, 4.69) is 0 Å². The van der Waals surface area contributed by atoms with Crippen LogP contribution in [-0.4, -0.2) is 48.9 Å². The number of ether oxygens (including phenoxy) is 6. The molecule has 6 heteroatoms. The molecular weight excluding hydrogens is 324 g/mol. The quantitative estimate of drug-likeness (QED) is 0.832. The molecule has 0 radical (unpaired) electrons. The molecule has 3 heterocycles. The van der Waals surface area contributed by atoms with Crippen molar-refractivity contribution in [2.75, 3.05) is 6.61 Å². The molecule has 3 aliphatic rings. The van der Waals surface area contributed by atoms with Gasteiger partial charge in [0.25, 0.3) is 0 Å². The number of benzene rings is 1. The lowest BCUT2D eigenvalue weighted by atomic mass is 10.1. The lowest BCUT2D eigenvalue weighted by molar-refractivity contribution is -0.236. The lowest BCUT2D eigenvalue weighted by Gasteiger charge is -2.29. The highest BCUT2D eigenvalue weighted by Gasteiger charge is 2.58. The summed E-state index contributed by atoms with van der Waals surface area (Å²) in [4.78, 5) is 0. The van der Waals surface area contributed by atoms with Gasteiger partial charge < -0.3 is 28.4 Å². The summed E-state index contributed by atoms with van der Waals surface area (Å²) in [7, 11) is 0. The molecular formula is C19H26O6. The predicted molar refractivity (Wildman–Crippen MR) is 88.6 cm³/mol. The van der Waals surface area contributed by atoms with Crippen LogP contribution in [0.2, 0.25) is 0 Å². The van der Waals surface area contributed by atoms with E-state index in [0.29, 0.717) is 13.2 Å². The second kappa shape index (κ2) is 6.30. The van der Waals surface area contributed by atoms with Crippen molar-refractivity contribution in [1.82, 2.24) is 0 Å². The van der Waals surface area contributed by atoms with Crippen molar-refractivity contribution in [2.24, 2.45) is 0 Å². The molecule has 6 nitrogen and oxygen atoms in total. The van der Waals surface area contributed by atoms with E-state index >= 15 is 0 Å². The molecule has 4 rings (SSSR count). The Kier molecular flexibility index (Phi) is 4.38. The summed E-state index contributed by atoms with van der Waals surface area (Å²) in [6, 6.07) is 10.1. The Morgan fingerprint density at radius 1 is 0.960 bits per heavy atom. The zero-order valence-electron chi connectivity index (χ0n) is 15.1. The maximum absolute atomic E-state index is 6.22. The van der Waals surface area contributed by atoms with Crippen LogP contribution in [0.5, 0.6) is 0 Å². The third-order valence-electron chi connectivity index (χ3n) is 4.71. The van der Waals surface area contributed by atoms with Crippen molar-refractivity contribution in [1.29, 1.82) is 0 Å². The first-order chi connectivity index (χ1) is 11.8. The number of hydrogen-bond donors (Lipinski definition) is 0. The van der Waals surface area contributed by atoms with Gasteiger partial charge in [-0.05, 0) is 33.3 Å². The van der Waals surface area contributed by atoms with Crippen molar-refractivity contribution in [3.63, 3.8) is 0 Å². The third-order valence-corrected chi connectivity index (χ3v) is 4.71. The molecule has 0 N–H and O–H groups in total. The van der Waals surface area contributed by atoms with Gasteiger partial charge in [-0.3, -0.25) is 0 Å². The van der Waals surface area contributed by atoms with Gasteiger partial charge in [-0.15, -0.1) is 0 Å². The van der Waals surface area contributed by atoms with Gasteiger partial charge in [-0.25, -0.2) is 0 Å². The largest absolute Gasteiger partial charge is 0.368 e. The van der Waals surface area contributed by atoms with Crippen molar-refractivity contribution in [3.8, 4) is 0 Å². The fourth-order valence-corrected chi connectivity index (χ4v) is 3.64. The number of rotatable bonds is 4.